The van der Waals surface area contributed by atoms with Gasteiger partial charge in [-0.05, 0) is 56.0 Å². The Balaban J connectivity index is 1.53. The highest BCUT2D eigenvalue weighted by molar-refractivity contribution is 5.43. The van der Waals surface area contributed by atoms with Crippen molar-refractivity contribution in [2.45, 2.75) is 38.8 Å². The van der Waals surface area contributed by atoms with Crippen LogP contribution in [-0.4, -0.2) is 23.5 Å². The summed E-state index contributed by atoms with van der Waals surface area (Å²) in [7, 11) is 1.63. The van der Waals surface area contributed by atoms with Gasteiger partial charge in [0.2, 0.25) is 0 Å². The lowest BCUT2D eigenvalue weighted by Crippen LogP contribution is -2.25. The van der Waals surface area contributed by atoms with Crippen molar-refractivity contribution < 1.29 is 18.3 Å². The molecule has 0 saturated carbocycles. The zero-order valence-corrected chi connectivity index (χ0v) is 17.1. The van der Waals surface area contributed by atoms with E-state index in [1.54, 1.807) is 18.0 Å². The molecule has 7 heteroatoms. The number of fused-ring (bicyclic) bond motifs is 1. The van der Waals surface area contributed by atoms with Crippen LogP contribution in [0.5, 0.6) is 11.5 Å². The van der Waals surface area contributed by atoms with E-state index in [9.17, 15) is 8.78 Å². The molecule has 0 amide bonds. The van der Waals surface area contributed by atoms with E-state index in [1.165, 1.54) is 12.1 Å². The van der Waals surface area contributed by atoms with Crippen LogP contribution >= 0.6 is 0 Å². The van der Waals surface area contributed by atoms with Gasteiger partial charge in [0, 0.05) is 29.9 Å². The lowest BCUT2D eigenvalue weighted by atomic mass is 9.92. The van der Waals surface area contributed by atoms with Gasteiger partial charge < -0.3 is 14.8 Å². The first-order valence-electron chi connectivity index (χ1n) is 10.2. The molecular formula is C23H25F2N3O2. The van der Waals surface area contributed by atoms with Crippen molar-refractivity contribution in [1.82, 2.24) is 15.1 Å². The van der Waals surface area contributed by atoms with Crippen LogP contribution in [0, 0.1) is 11.6 Å². The van der Waals surface area contributed by atoms with Crippen molar-refractivity contribution in [2.24, 2.45) is 0 Å². The van der Waals surface area contributed by atoms with E-state index in [0.29, 0.717) is 24.6 Å². The minimum absolute atomic E-state index is 0.124. The van der Waals surface area contributed by atoms with E-state index in [4.69, 9.17) is 9.47 Å². The summed E-state index contributed by atoms with van der Waals surface area (Å²) in [5, 5.41) is 8.01. The Labute approximate surface area is 174 Å². The summed E-state index contributed by atoms with van der Waals surface area (Å²) in [5.74, 6) is 0.224. The minimum atomic E-state index is -0.607. The number of ether oxygens (including phenoxy) is 2. The predicted octanol–water partition coefficient (Wildman–Crippen LogP) is 4.73. The van der Waals surface area contributed by atoms with E-state index in [1.807, 2.05) is 25.1 Å². The third-order valence-corrected chi connectivity index (χ3v) is 5.36. The van der Waals surface area contributed by atoms with Crippen LogP contribution in [0.3, 0.4) is 0 Å². The number of hydrogen-bond acceptors (Lipinski definition) is 4. The fraction of sp³-hybridized carbons (Fsp3) is 0.348. The largest absolute Gasteiger partial charge is 0.493 e. The van der Waals surface area contributed by atoms with Gasteiger partial charge in [-0.1, -0.05) is 6.07 Å². The fourth-order valence-electron chi connectivity index (χ4n) is 3.99. The van der Waals surface area contributed by atoms with Gasteiger partial charge in [0.25, 0.3) is 0 Å². The molecule has 1 aliphatic rings. The zero-order valence-electron chi connectivity index (χ0n) is 17.1. The average Bonchev–Trinajstić information content (AvgIpc) is 3.17. The lowest BCUT2D eigenvalue weighted by Gasteiger charge is -2.24. The van der Waals surface area contributed by atoms with Crippen molar-refractivity contribution in [2.75, 3.05) is 13.7 Å². The standard InChI is InChI=1S/C23H25F2N3O2/c1-3-30-23-9-15(7-8-22(23)29-2)13-26-20-5-4-6-21-19(20)14-27-28(21)18-11-16(24)10-17(25)12-18/h7-12,14,20,26H,3-6,13H2,1-2H3/t20-/m1/s1. The van der Waals surface area contributed by atoms with Gasteiger partial charge >= 0.3 is 0 Å². The number of halogens is 2. The average molecular weight is 413 g/mol. The summed E-state index contributed by atoms with van der Waals surface area (Å²) in [6, 6.07) is 9.51. The van der Waals surface area contributed by atoms with Gasteiger partial charge in [-0.3, -0.25) is 0 Å². The van der Waals surface area contributed by atoms with E-state index in [2.05, 4.69) is 10.4 Å². The maximum absolute atomic E-state index is 13.7. The molecule has 1 aromatic heterocycles. The molecule has 1 heterocycles. The second-order valence-electron chi connectivity index (χ2n) is 7.33. The topological polar surface area (TPSA) is 48.3 Å². The summed E-state index contributed by atoms with van der Waals surface area (Å²) >= 11 is 0. The molecule has 1 atom stereocenters. The van der Waals surface area contributed by atoms with Crippen LogP contribution in [0.2, 0.25) is 0 Å². The molecule has 5 nitrogen and oxygen atoms in total. The SMILES string of the molecule is CCOc1cc(CN[C@@H]2CCCc3c2cnn3-c2cc(F)cc(F)c2)ccc1OC. The molecule has 0 saturated heterocycles. The van der Waals surface area contributed by atoms with Gasteiger partial charge in [0.05, 0.1) is 25.6 Å². The third-order valence-electron chi connectivity index (χ3n) is 5.36. The van der Waals surface area contributed by atoms with E-state index < -0.39 is 11.6 Å². The van der Waals surface area contributed by atoms with Gasteiger partial charge in [0.15, 0.2) is 11.5 Å². The summed E-state index contributed by atoms with van der Waals surface area (Å²) in [6.07, 6.45) is 4.57. The molecule has 0 bridgehead atoms. The Bertz CT molecular complexity index is 1020. The maximum Gasteiger partial charge on any atom is 0.161 e. The van der Waals surface area contributed by atoms with Crippen LogP contribution in [-0.2, 0) is 13.0 Å². The Morgan fingerprint density at radius 1 is 1.13 bits per heavy atom. The highest BCUT2D eigenvalue weighted by atomic mass is 19.1. The van der Waals surface area contributed by atoms with Gasteiger partial charge in [-0.15, -0.1) is 0 Å². The first kappa shape index (κ1) is 20.3. The van der Waals surface area contributed by atoms with Crippen molar-refractivity contribution in [1.29, 1.82) is 0 Å². The molecule has 0 unspecified atom stereocenters. The molecule has 0 aliphatic heterocycles. The van der Waals surface area contributed by atoms with Crippen molar-refractivity contribution in [3.8, 4) is 17.2 Å². The third kappa shape index (κ3) is 4.16. The molecule has 3 aromatic rings. The second kappa shape index (κ2) is 8.83. The lowest BCUT2D eigenvalue weighted by molar-refractivity contribution is 0.310. The molecule has 0 spiro atoms. The smallest absolute Gasteiger partial charge is 0.161 e. The summed E-state index contributed by atoms with van der Waals surface area (Å²) in [4.78, 5) is 0. The Kier molecular flexibility index (Phi) is 5.99. The first-order chi connectivity index (χ1) is 14.6. The number of nitrogens with zero attached hydrogens (tertiary/aromatic N) is 2. The van der Waals surface area contributed by atoms with Gasteiger partial charge in [0.1, 0.15) is 11.6 Å². The van der Waals surface area contributed by atoms with Crippen LogP contribution in [0.1, 0.15) is 42.6 Å². The molecule has 158 valence electrons. The number of hydrogen-bond donors (Lipinski definition) is 1. The Morgan fingerprint density at radius 2 is 1.93 bits per heavy atom. The fourth-order valence-corrected chi connectivity index (χ4v) is 3.99. The van der Waals surface area contributed by atoms with E-state index >= 15 is 0 Å². The molecule has 30 heavy (non-hydrogen) atoms. The van der Waals surface area contributed by atoms with Crippen molar-refractivity contribution in [3.63, 3.8) is 0 Å². The Hall–Kier alpha value is -2.93. The van der Waals surface area contributed by atoms with Crippen LogP contribution in [0.15, 0.2) is 42.6 Å². The molecule has 2 aromatic carbocycles. The number of aromatic nitrogens is 2. The monoisotopic (exact) mass is 413 g/mol. The molecule has 1 N–H and O–H groups in total. The number of methoxy groups -OCH3 is 1. The quantitative estimate of drug-likeness (QED) is 0.609. The van der Waals surface area contributed by atoms with Gasteiger partial charge in [-0.2, -0.15) is 5.10 Å². The highest BCUT2D eigenvalue weighted by Crippen LogP contribution is 2.32. The summed E-state index contributed by atoms with van der Waals surface area (Å²) in [5.41, 5.74) is 3.56. The van der Waals surface area contributed by atoms with Crippen LogP contribution in [0.4, 0.5) is 8.78 Å². The number of rotatable bonds is 7. The predicted molar refractivity (Wildman–Crippen MR) is 110 cm³/mol. The number of nitrogens with one attached hydrogen (secondary N) is 1. The van der Waals surface area contributed by atoms with Crippen molar-refractivity contribution in [3.05, 3.63) is 71.1 Å². The molecule has 4 rings (SSSR count). The molecular weight excluding hydrogens is 388 g/mol. The Morgan fingerprint density at radius 3 is 2.67 bits per heavy atom. The van der Waals surface area contributed by atoms with Crippen molar-refractivity contribution >= 4 is 0 Å². The molecule has 1 aliphatic carbocycles. The highest BCUT2D eigenvalue weighted by Gasteiger charge is 2.25. The summed E-state index contributed by atoms with van der Waals surface area (Å²) in [6.45, 7) is 3.17. The second-order valence-corrected chi connectivity index (χ2v) is 7.33. The number of benzene rings is 2. The van der Waals surface area contributed by atoms with Crippen LogP contribution in [0.25, 0.3) is 5.69 Å². The molecule has 0 fully saturated rings. The maximum atomic E-state index is 13.7. The minimum Gasteiger partial charge on any atom is -0.493 e. The zero-order chi connectivity index (χ0) is 21.1. The normalized spacial score (nSPS) is 15.7. The van der Waals surface area contributed by atoms with E-state index in [0.717, 1.165) is 47.9 Å². The van der Waals surface area contributed by atoms with E-state index in [-0.39, 0.29) is 6.04 Å². The van der Waals surface area contributed by atoms with Gasteiger partial charge in [-0.25, -0.2) is 13.5 Å². The first-order valence-corrected chi connectivity index (χ1v) is 10.2. The molecule has 0 radical (unpaired) electrons. The van der Waals surface area contributed by atoms with Crippen LogP contribution < -0.4 is 14.8 Å². The summed E-state index contributed by atoms with van der Waals surface area (Å²) < 4.78 is 40.0.